The van der Waals surface area contributed by atoms with Gasteiger partial charge in [-0.2, -0.15) is 0 Å². The first-order valence-corrected chi connectivity index (χ1v) is 15.8. The van der Waals surface area contributed by atoms with Gasteiger partial charge in [0.1, 0.15) is 12.4 Å². The molecule has 0 amide bonds. The van der Waals surface area contributed by atoms with Crippen LogP contribution in [0.15, 0.2) is 77.8 Å². The second-order valence-corrected chi connectivity index (χ2v) is 14.6. The molecule has 4 rings (SSSR count). The molecular formula is C29H31NO6S2. The summed E-state index contributed by atoms with van der Waals surface area (Å²) in [7, 11) is -6.82. The second-order valence-electron chi connectivity index (χ2n) is 10.0. The molecule has 1 N–H and O–H groups in total. The summed E-state index contributed by atoms with van der Waals surface area (Å²) in [6.45, 7) is 5.12. The van der Waals surface area contributed by atoms with Crippen molar-refractivity contribution < 1.29 is 26.7 Å². The molecule has 1 unspecified atom stereocenters. The molecule has 0 aliphatic rings. The van der Waals surface area contributed by atoms with Gasteiger partial charge in [0.2, 0.25) is 0 Å². The first kappa shape index (κ1) is 27.8. The molecule has 0 bridgehead atoms. The number of hydrogen-bond donors (Lipinski definition) is 1. The number of benzene rings is 3. The van der Waals surface area contributed by atoms with Gasteiger partial charge in [-0.25, -0.2) is 16.8 Å². The molecule has 1 atom stereocenters. The highest BCUT2D eigenvalue weighted by atomic mass is 32.2. The lowest BCUT2D eigenvalue weighted by Gasteiger charge is -2.24. The molecule has 0 aliphatic carbocycles. The van der Waals surface area contributed by atoms with E-state index in [9.17, 15) is 21.9 Å². The average molecular weight is 554 g/mol. The normalized spacial score (nSPS) is 13.4. The van der Waals surface area contributed by atoms with E-state index >= 15 is 0 Å². The number of aliphatic hydroxyl groups excluding tert-OH is 1. The van der Waals surface area contributed by atoms with E-state index in [0.717, 1.165) is 33.8 Å². The number of nitrogens with zero attached hydrogens (tertiary/aromatic N) is 1. The number of ether oxygens (including phenoxy) is 1. The minimum atomic E-state index is -3.43. The number of pyridine rings is 1. The molecule has 38 heavy (non-hydrogen) atoms. The van der Waals surface area contributed by atoms with Crippen molar-refractivity contribution >= 4 is 30.6 Å². The van der Waals surface area contributed by atoms with Crippen LogP contribution in [0.3, 0.4) is 0 Å². The van der Waals surface area contributed by atoms with Gasteiger partial charge in [0.15, 0.2) is 19.7 Å². The van der Waals surface area contributed by atoms with E-state index in [4.69, 9.17) is 4.74 Å². The summed E-state index contributed by atoms with van der Waals surface area (Å²) >= 11 is 0. The van der Waals surface area contributed by atoms with E-state index in [1.807, 2.05) is 48.5 Å². The lowest BCUT2D eigenvalue weighted by Crippen LogP contribution is -2.28. The molecule has 0 fully saturated rings. The highest BCUT2D eigenvalue weighted by Gasteiger charge is 2.33. The third-order valence-corrected chi connectivity index (χ3v) is 10.0. The van der Waals surface area contributed by atoms with Crippen LogP contribution in [0.2, 0.25) is 0 Å². The Labute approximate surface area is 224 Å². The van der Waals surface area contributed by atoms with Gasteiger partial charge in [0.05, 0.1) is 21.3 Å². The Morgan fingerprint density at radius 2 is 1.68 bits per heavy atom. The molecule has 0 aliphatic heterocycles. The predicted octanol–water partition coefficient (Wildman–Crippen LogP) is 5.22. The van der Waals surface area contributed by atoms with Crippen LogP contribution in [0, 0.1) is 0 Å². The summed E-state index contributed by atoms with van der Waals surface area (Å²) < 4.78 is 54.0. The summed E-state index contributed by atoms with van der Waals surface area (Å²) in [5.74, 6) is 0.391. The van der Waals surface area contributed by atoms with Crippen molar-refractivity contribution in [3.8, 4) is 16.9 Å². The van der Waals surface area contributed by atoms with Crippen LogP contribution in [0.1, 0.15) is 43.6 Å². The largest absolute Gasteiger partial charge is 0.489 e. The van der Waals surface area contributed by atoms with Crippen molar-refractivity contribution in [2.45, 2.75) is 43.1 Å². The lowest BCUT2D eigenvalue weighted by molar-refractivity contribution is 0.189. The predicted molar refractivity (Wildman–Crippen MR) is 150 cm³/mol. The summed E-state index contributed by atoms with van der Waals surface area (Å²) in [5, 5.41) is 11.0. The zero-order valence-electron chi connectivity index (χ0n) is 22.0. The fraction of sp³-hybridized carbons (Fsp3) is 0.276. The van der Waals surface area contributed by atoms with Gasteiger partial charge in [-0.1, -0.05) is 24.3 Å². The van der Waals surface area contributed by atoms with Crippen LogP contribution in [0.25, 0.3) is 22.0 Å². The number of aliphatic hydroxyl groups is 1. The van der Waals surface area contributed by atoms with Crippen LogP contribution in [-0.2, 0) is 31.0 Å². The zero-order valence-corrected chi connectivity index (χ0v) is 23.6. The van der Waals surface area contributed by atoms with Crippen molar-refractivity contribution in [3.05, 3.63) is 89.6 Å². The number of hydrogen-bond acceptors (Lipinski definition) is 7. The minimum absolute atomic E-state index is 0.110. The maximum atomic E-state index is 12.6. The fourth-order valence-corrected chi connectivity index (χ4v) is 5.38. The first-order valence-electron chi connectivity index (χ1n) is 12.0. The fourth-order valence-electron chi connectivity index (χ4n) is 4.18. The van der Waals surface area contributed by atoms with Crippen molar-refractivity contribution in [1.82, 2.24) is 4.98 Å². The topological polar surface area (TPSA) is 111 Å². The quantitative estimate of drug-likeness (QED) is 0.319. The Bertz CT molecular complexity index is 1730. The van der Waals surface area contributed by atoms with E-state index < -0.39 is 30.5 Å². The second kappa shape index (κ2) is 10.1. The Kier molecular flexibility index (Phi) is 7.40. The van der Waals surface area contributed by atoms with Crippen LogP contribution < -0.4 is 4.74 Å². The number of rotatable bonds is 8. The zero-order chi connectivity index (χ0) is 27.9. The Balaban J connectivity index is 1.73. The van der Waals surface area contributed by atoms with Gasteiger partial charge in [-0.15, -0.1) is 0 Å². The maximum absolute atomic E-state index is 12.6. The van der Waals surface area contributed by atoms with Gasteiger partial charge < -0.3 is 9.84 Å². The lowest BCUT2D eigenvalue weighted by atomic mass is 9.93. The first-order chi connectivity index (χ1) is 17.7. The Hall–Kier alpha value is -3.27. The number of aromatic nitrogens is 1. The van der Waals surface area contributed by atoms with E-state index in [2.05, 4.69) is 4.98 Å². The van der Waals surface area contributed by atoms with Crippen LogP contribution in [0.5, 0.6) is 5.75 Å². The monoisotopic (exact) mass is 553 g/mol. The molecule has 1 aromatic heterocycles. The minimum Gasteiger partial charge on any atom is -0.489 e. The maximum Gasteiger partial charge on any atom is 0.175 e. The number of sulfone groups is 2. The van der Waals surface area contributed by atoms with E-state index in [1.165, 1.54) is 18.4 Å². The summed E-state index contributed by atoms with van der Waals surface area (Å²) in [5.41, 5.74) is 4.30. The molecule has 7 nitrogen and oxygen atoms in total. The van der Waals surface area contributed by atoms with Crippen molar-refractivity contribution in [3.63, 3.8) is 0 Å². The molecule has 3 aromatic carbocycles. The highest BCUT2D eigenvalue weighted by Crippen LogP contribution is 2.37. The average Bonchev–Trinajstić information content (AvgIpc) is 2.85. The van der Waals surface area contributed by atoms with Gasteiger partial charge >= 0.3 is 0 Å². The van der Waals surface area contributed by atoms with Crippen molar-refractivity contribution in [2.75, 3.05) is 12.5 Å². The third kappa shape index (κ3) is 5.60. The van der Waals surface area contributed by atoms with Gasteiger partial charge in [0, 0.05) is 35.2 Å². The molecular weight excluding hydrogens is 522 g/mol. The summed E-state index contributed by atoms with van der Waals surface area (Å²) in [6, 6.07) is 19.6. The molecule has 200 valence electrons. The Morgan fingerprint density at radius 1 is 0.947 bits per heavy atom. The molecule has 4 aromatic rings. The molecule has 1 heterocycles. The summed E-state index contributed by atoms with van der Waals surface area (Å²) in [6.07, 6.45) is 3.14. The van der Waals surface area contributed by atoms with E-state index in [1.54, 1.807) is 33.0 Å². The summed E-state index contributed by atoms with van der Waals surface area (Å²) in [4.78, 5) is 4.68. The molecule has 0 radical (unpaired) electrons. The highest BCUT2D eigenvalue weighted by molar-refractivity contribution is 7.91. The van der Waals surface area contributed by atoms with Gasteiger partial charge in [0.25, 0.3) is 0 Å². The van der Waals surface area contributed by atoms with Gasteiger partial charge in [-0.05, 0) is 79.9 Å². The molecule has 0 spiro atoms. The Morgan fingerprint density at radius 3 is 2.34 bits per heavy atom. The standard InChI is InChI=1S/C29H31NO6S2/c1-19(31)25-17-24(37(4,32)33)11-12-27(25)36-18-20-8-6-9-21(14-20)26-16-23(29(2,3)38(5,34)35)15-22-10-7-13-30-28(22)26/h6-17,19,31H,18H2,1-5H3. The smallest absolute Gasteiger partial charge is 0.175 e. The third-order valence-electron chi connectivity index (χ3n) is 6.82. The molecule has 0 saturated heterocycles. The van der Waals surface area contributed by atoms with E-state index in [-0.39, 0.29) is 11.5 Å². The SMILES string of the molecule is CC(O)c1cc(S(C)(=O)=O)ccc1OCc1cccc(-c2cc(C(C)(C)S(C)(=O)=O)cc3cccnc23)c1. The van der Waals surface area contributed by atoms with Crippen LogP contribution in [-0.4, -0.2) is 39.4 Å². The van der Waals surface area contributed by atoms with E-state index in [0.29, 0.717) is 16.9 Å². The van der Waals surface area contributed by atoms with Crippen molar-refractivity contribution in [1.29, 1.82) is 0 Å². The molecule has 9 heteroatoms. The molecule has 0 saturated carbocycles. The number of fused-ring (bicyclic) bond motifs is 1. The van der Waals surface area contributed by atoms with Gasteiger partial charge in [-0.3, -0.25) is 4.98 Å². The van der Waals surface area contributed by atoms with Crippen LogP contribution in [0.4, 0.5) is 0 Å². The van der Waals surface area contributed by atoms with Crippen LogP contribution >= 0.6 is 0 Å². The van der Waals surface area contributed by atoms with Crippen molar-refractivity contribution in [2.24, 2.45) is 0 Å².